The third kappa shape index (κ3) is 2.46. The van der Waals surface area contributed by atoms with Crippen molar-refractivity contribution in [3.63, 3.8) is 0 Å². The first-order valence-corrected chi connectivity index (χ1v) is 5.69. The molecule has 1 atom stereocenters. The lowest BCUT2D eigenvalue weighted by molar-refractivity contribution is 0.675. The van der Waals surface area contributed by atoms with Gasteiger partial charge in [-0.1, -0.05) is 23.7 Å². The molecule has 2 nitrogen and oxygen atoms in total. The summed E-state index contributed by atoms with van der Waals surface area (Å²) >= 11 is 5.95. The summed E-state index contributed by atoms with van der Waals surface area (Å²) in [6.07, 6.45) is 2.04. The third-order valence-corrected chi connectivity index (χ3v) is 2.81. The van der Waals surface area contributed by atoms with Gasteiger partial charge in [-0.15, -0.1) is 0 Å². The van der Waals surface area contributed by atoms with Crippen molar-refractivity contribution in [2.75, 3.05) is 0 Å². The molecule has 2 rings (SSSR count). The Morgan fingerprint density at radius 2 is 2.12 bits per heavy atom. The number of nitrogens with zero attached hydrogens (tertiary/aromatic N) is 1. The van der Waals surface area contributed by atoms with Gasteiger partial charge in [-0.25, -0.2) is 0 Å². The summed E-state index contributed by atoms with van der Waals surface area (Å²) < 4.78 is 2.15. The highest BCUT2D eigenvalue weighted by Crippen LogP contribution is 2.15. The molecule has 0 fully saturated rings. The van der Waals surface area contributed by atoms with Crippen molar-refractivity contribution in [3.05, 3.63) is 58.9 Å². The Bertz CT molecular complexity index is 474. The number of halogens is 1. The van der Waals surface area contributed by atoms with E-state index < -0.39 is 0 Å². The molecule has 1 unspecified atom stereocenters. The predicted molar refractivity (Wildman–Crippen MR) is 67.6 cm³/mol. The van der Waals surface area contributed by atoms with Crippen molar-refractivity contribution in [1.82, 2.24) is 4.57 Å². The van der Waals surface area contributed by atoms with Crippen molar-refractivity contribution in [1.29, 1.82) is 0 Å². The normalized spacial score (nSPS) is 12.7. The van der Waals surface area contributed by atoms with Gasteiger partial charge < -0.3 is 10.3 Å². The molecule has 2 N–H and O–H groups in total. The standard InChI is InChI=1S/C13H15ClN2/c1-10(15)13-6-3-7-16(13)9-11-4-2-5-12(14)8-11/h2-8,10H,9,15H2,1H3. The van der Waals surface area contributed by atoms with Gasteiger partial charge in [0, 0.05) is 29.5 Å². The van der Waals surface area contributed by atoms with E-state index in [9.17, 15) is 0 Å². The van der Waals surface area contributed by atoms with E-state index in [4.69, 9.17) is 17.3 Å². The topological polar surface area (TPSA) is 30.9 Å². The van der Waals surface area contributed by atoms with Crippen molar-refractivity contribution in [2.45, 2.75) is 19.5 Å². The van der Waals surface area contributed by atoms with Crippen LogP contribution in [0.1, 0.15) is 24.2 Å². The summed E-state index contributed by atoms with van der Waals surface area (Å²) in [7, 11) is 0. The van der Waals surface area contributed by atoms with Gasteiger partial charge in [-0.3, -0.25) is 0 Å². The second kappa shape index (κ2) is 4.73. The van der Waals surface area contributed by atoms with Crippen LogP contribution in [-0.2, 0) is 6.54 Å². The number of rotatable bonds is 3. The smallest absolute Gasteiger partial charge is 0.0474 e. The van der Waals surface area contributed by atoms with E-state index in [2.05, 4.69) is 16.7 Å². The van der Waals surface area contributed by atoms with Gasteiger partial charge in [0.25, 0.3) is 0 Å². The molecule has 0 bridgehead atoms. The largest absolute Gasteiger partial charge is 0.346 e. The maximum Gasteiger partial charge on any atom is 0.0474 e. The Morgan fingerprint density at radius 1 is 1.31 bits per heavy atom. The van der Waals surface area contributed by atoms with Gasteiger partial charge in [0.05, 0.1) is 0 Å². The highest BCUT2D eigenvalue weighted by atomic mass is 35.5. The molecule has 0 aliphatic heterocycles. The number of nitrogens with two attached hydrogens (primary N) is 1. The lowest BCUT2D eigenvalue weighted by Crippen LogP contribution is -2.12. The Hall–Kier alpha value is -1.25. The molecule has 16 heavy (non-hydrogen) atoms. The Kier molecular flexibility index (Phi) is 3.32. The van der Waals surface area contributed by atoms with Crippen molar-refractivity contribution >= 4 is 11.6 Å². The number of benzene rings is 1. The molecule has 0 aliphatic carbocycles. The summed E-state index contributed by atoms with van der Waals surface area (Å²) in [5.41, 5.74) is 8.22. The molecule has 1 heterocycles. The first kappa shape index (κ1) is 11.2. The summed E-state index contributed by atoms with van der Waals surface area (Å²) in [6.45, 7) is 2.80. The molecule has 0 amide bonds. The van der Waals surface area contributed by atoms with Crippen molar-refractivity contribution in [3.8, 4) is 0 Å². The van der Waals surface area contributed by atoms with Crippen LogP contribution in [0.4, 0.5) is 0 Å². The fourth-order valence-corrected chi connectivity index (χ4v) is 2.03. The molecule has 2 aromatic rings. The quantitative estimate of drug-likeness (QED) is 0.869. The van der Waals surface area contributed by atoms with Crippen LogP contribution in [0.5, 0.6) is 0 Å². The summed E-state index contributed by atoms with van der Waals surface area (Å²) in [5.74, 6) is 0. The SMILES string of the molecule is CC(N)c1cccn1Cc1cccc(Cl)c1. The average molecular weight is 235 g/mol. The zero-order valence-corrected chi connectivity index (χ0v) is 9.98. The van der Waals surface area contributed by atoms with E-state index >= 15 is 0 Å². The molecule has 0 saturated heterocycles. The third-order valence-electron chi connectivity index (χ3n) is 2.57. The first-order valence-electron chi connectivity index (χ1n) is 5.32. The van der Waals surface area contributed by atoms with Gasteiger partial charge in [-0.05, 0) is 36.8 Å². The molecular weight excluding hydrogens is 220 g/mol. The summed E-state index contributed by atoms with van der Waals surface area (Å²) in [6, 6.07) is 12.0. The lowest BCUT2D eigenvalue weighted by atomic mass is 10.2. The van der Waals surface area contributed by atoms with Crippen LogP contribution in [0.3, 0.4) is 0 Å². The van der Waals surface area contributed by atoms with Crippen LogP contribution in [0.15, 0.2) is 42.6 Å². The monoisotopic (exact) mass is 234 g/mol. The van der Waals surface area contributed by atoms with Crippen molar-refractivity contribution < 1.29 is 0 Å². The predicted octanol–water partition coefficient (Wildman–Crippen LogP) is 3.21. The number of aromatic nitrogens is 1. The second-order valence-corrected chi connectivity index (χ2v) is 4.42. The molecule has 1 aromatic carbocycles. The maximum absolute atomic E-state index is 5.95. The minimum Gasteiger partial charge on any atom is -0.346 e. The van der Waals surface area contributed by atoms with E-state index in [1.165, 1.54) is 5.56 Å². The molecule has 0 saturated carbocycles. The van der Waals surface area contributed by atoms with Gasteiger partial charge in [-0.2, -0.15) is 0 Å². The minimum absolute atomic E-state index is 0.0502. The fraction of sp³-hybridized carbons (Fsp3) is 0.231. The highest BCUT2D eigenvalue weighted by molar-refractivity contribution is 6.30. The molecular formula is C13H15ClN2. The summed E-state index contributed by atoms with van der Waals surface area (Å²) in [4.78, 5) is 0. The lowest BCUT2D eigenvalue weighted by Gasteiger charge is -2.12. The molecule has 0 radical (unpaired) electrons. The van der Waals surface area contributed by atoms with Crippen LogP contribution >= 0.6 is 11.6 Å². The zero-order chi connectivity index (χ0) is 11.5. The second-order valence-electron chi connectivity index (χ2n) is 3.98. The first-order chi connectivity index (χ1) is 7.66. The number of hydrogen-bond donors (Lipinski definition) is 1. The Balaban J connectivity index is 2.24. The van der Waals surface area contributed by atoms with Crippen LogP contribution in [0.2, 0.25) is 5.02 Å². The molecule has 3 heteroatoms. The van der Waals surface area contributed by atoms with E-state index in [0.29, 0.717) is 0 Å². The van der Waals surface area contributed by atoms with Crippen LogP contribution < -0.4 is 5.73 Å². The average Bonchev–Trinajstić information content (AvgIpc) is 2.66. The fourth-order valence-electron chi connectivity index (χ4n) is 1.82. The Morgan fingerprint density at radius 3 is 2.81 bits per heavy atom. The van der Waals surface area contributed by atoms with Crippen LogP contribution in [0, 0.1) is 0 Å². The van der Waals surface area contributed by atoms with Crippen LogP contribution in [-0.4, -0.2) is 4.57 Å². The van der Waals surface area contributed by atoms with E-state index in [0.717, 1.165) is 17.3 Å². The molecule has 1 aromatic heterocycles. The van der Waals surface area contributed by atoms with Crippen LogP contribution in [0.25, 0.3) is 0 Å². The van der Waals surface area contributed by atoms with Crippen molar-refractivity contribution in [2.24, 2.45) is 5.73 Å². The van der Waals surface area contributed by atoms with Gasteiger partial charge in [0.15, 0.2) is 0 Å². The Labute approximate surface area is 101 Å². The van der Waals surface area contributed by atoms with E-state index in [1.54, 1.807) is 0 Å². The maximum atomic E-state index is 5.95. The molecule has 0 spiro atoms. The zero-order valence-electron chi connectivity index (χ0n) is 9.23. The summed E-state index contributed by atoms with van der Waals surface area (Å²) in [5, 5.41) is 0.770. The van der Waals surface area contributed by atoms with E-state index in [-0.39, 0.29) is 6.04 Å². The molecule has 0 aliphatic rings. The minimum atomic E-state index is 0.0502. The molecule has 84 valence electrons. The highest BCUT2D eigenvalue weighted by Gasteiger charge is 2.05. The van der Waals surface area contributed by atoms with Gasteiger partial charge >= 0.3 is 0 Å². The number of hydrogen-bond acceptors (Lipinski definition) is 1. The van der Waals surface area contributed by atoms with Gasteiger partial charge in [0.1, 0.15) is 0 Å². The van der Waals surface area contributed by atoms with Gasteiger partial charge in [0.2, 0.25) is 0 Å². The van der Waals surface area contributed by atoms with E-state index in [1.807, 2.05) is 37.4 Å².